The van der Waals surface area contributed by atoms with E-state index in [1.54, 1.807) is 11.3 Å². The molecule has 0 radical (unpaired) electrons. The molecule has 1 saturated heterocycles. The molecule has 0 spiro atoms. The standard InChI is InChI=1S/C18H20N4OS2/c1-11-4-5-14-15(10-11)25-18(20-14)22-8-6-21(7-9-22)17(23)16-12(2)19-13(3)24-16/h4-5,10H,6-9H2,1-3H3. The maximum absolute atomic E-state index is 12.7. The van der Waals surface area contributed by atoms with E-state index in [1.807, 2.05) is 18.7 Å². The van der Waals surface area contributed by atoms with Gasteiger partial charge >= 0.3 is 0 Å². The molecule has 3 aromatic rings. The summed E-state index contributed by atoms with van der Waals surface area (Å²) >= 11 is 3.22. The number of hydrogen-bond acceptors (Lipinski definition) is 6. The molecule has 1 aliphatic rings. The number of aromatic nitrogens is 2. The number of anilines is 1. The van der Waals surface area contributed by atoms with Crippen LogP contribution in [0.15, 0.2) is 18.2 Å². The number of piperazine rings is 1. The highest BCUT2D eigenvalue weighted by Crippen LogP contribution is 2.30. The van der Waals surface area contributed by atoms with Gasteiger partial charge in [-0.15, -0.1) is 11.3 Å². The highest BCUT2D eigenvalue weighted by molar-refractivity contribution is 7.22. The van der Waals surface area contributed by atoms with Crippen LogP contribution in [0.2, 0.25) is 0 Å². The molecule has 2 aromatic heterocycles. The van der Waals surface area contributed by atoms with Crippen LogP contribution in [-0.2, 0) is 0 Å². The van der Waals surface area contributed by atoms with Crippen molar-refractivity contribution in [2.75, 3.05) is 31.1 Å². The minimum atomic E-state index is 0.114. The number of carbonyl (C=O) groups excluding carboxylic acids is 1. The van der Waals surface area contributed by atoms with Crippen molar-refractivity contribution in [3.8, 4) is 0 Å². The average Bonchev–Trinajstić information content (AvgIpc) is 3.16. The molecule has 3 heterocycles. The van der Waals surface area contributed by atoms with Gasteiger partial charge in [0.2, 0.25) is 0 Å². The van der Waals surface area contributed by atoms with Gasteiger partial charge in [-0.25, -0.2) is 9.97 Å². The number of fused-ring (bicyclic) bond motifs is 1. The minimum absolute atomic E-state index is 0.114. The normalized spacial score (nSPS) is 15.2. The lowest BCUT2D eigenvalue weighted by atomic mass is 10.2. The van der Waals surface area contributed by atoms with Crippen molar-refractivity contribution in [3.63, 3.8) is 0 Å². The van der Waals surface area contributed by atoms with Crippen molar-refractivity contribution in [1.29, 1.82) is 0 Å². The van der Waals surface area contributed by atoms with E-state index in [0.717, 1.165) is 52.4 Å². The number of amides is 1. The van der Waals surface area contributed by atoms with Crippen molar-refractivity contribution in [2.24, 2.45) is 0 Å². The molecule has 5 nitrogen and oxygen atoms in total. The Kier molecular flexibility index (Phi) is 4.21. The predicted octanol–water partition coefficient (Wildman–Crippen LogP) is 3.64. The summed E-state index contributed by atoms with van der Waals surface area (Å²) in [5.41, 5.74) is 3.16. The molecule has 7 heteroatoms. The monoisotopic (exact) mass is 372 g/mol. The number of nitrogens with zero attached hydrogens (tertiary/aromatic N) is 4. The fraction of sp³-hybridized carbons (Fsp3) is 0.389. The molecular formula is C18H20N4OS2. The SMILES string of the molecule is Cc1ccc2nc(N3CCN(C(=O)c4sc(C)nc4C)CC3)sc2c1. The Hall–Kier alpha value is -1.99. The average molecular weight is 373 g/mol. The zero-order valence-corrected chi connectivity index (χ0v) is 16.2. The molecule has 0 atom stereocenters. The first-order valence-electron chi connectivity index (χ1n) is 8.37. The highest BCUT2D eigenvalue weighted by atomic mass is 32.1. The lowest BCUT2D eigenvalue weighted by molar-refractivity contribution is 0.0750. The maximum Gasteiger partial charge on any atom is 0.265 e. The summed E-state index contributed by atoms with van der Waals surface area (Å²) in [5, 5.41) is 2.00. The van der Waals surface area contributed by atoms with E-state index in [4.69, 9.17) is 4.98 Å². The van der Waals surface area contributed by atoms with Crippen molar-refractivity contribution in [3.05, 3.63) is 39.3 Å². The third-order valence-electron chi connectivity index (χ3n) is 4.47. The van der Waals surface area contributed by atoms with Gasteiger partial charge in [0, 0.05) is 26.2 Å². The van der Waals surface area contributed by atoms with Gasteiger partial charge in [-0.3, -0.25) is 4.79 Å². The Balaban J connectivity index is 1.47. The Morgan fingerprint density at radius 3 is 2.48 bits per heavy atom. The van der Waals surface area contributed by atoms with Gasteiger partial charge < -0.3 is 9.80 Å². The lowest BCUT2D eigenvalue weighted by Gasteiger charge is -2.34. The molecule has 0 saturated carbocycles. The van der Waals surface area contributed by atoms with E-state index < -0.39 is 0 Å². The Bertz CT molecular complexity index is 938. The third-order valence-corrected chi connectivity index (χ3v) is 6.61. The topological polar surface area (TPSA) is 49.3 Å². The van der Waals surface area contributed by atoms with Crippen LogP contribution in [0.25, 0.3) is 10.2 Å². The lowest BCUT2D eigenvalue weighted by Crippen LogP contribution is -2.48. The highest BCUT2D eigenvalue weighted by Gasteiger charge is 2.26. The summed E-state index contributed by atoms with van der Waals surface area (Å²) in [6, 6.07) is 6.37. The Morgan fingerprint density at radius 2 is 1.80 bits per heavy atom. The second-order valence-corrected chi connectivity index (χ2v) is 8.61. The molecular weight excluding hydrogens is 352 g/mol. The molecule has 1 amide bonds. The minimum Gasteiger partial charge on any atom is -0.345 e. The number of rotatable bonds is 2. The summed E-state index contributed by atoms with van der Waals surface area (Å²) in [6.45, 7) is 9.06. The summed E-state index contributed by atoms with van der Waals surface area (Å²) in [4.78, 5) is 26.9. The van der Waals surface area contributed by atoms with Gasteiger partial charge in [0.05, 0.1) is 20.9 Å². The maximum atomic E-state index is 12.7. The van der Waals surface area contributed by atoms with E-state index in [9.17, 15) is 4.79 Å². The van der Waals surface area contributed by atoms with Crippen molar-refractivity contribution >= 4 is 43.9 Å². The molecule has 0 aliphatic carbocycles. The van der Waals surface area contributed by atoms with Crippen LogP contribution in [0.3, 0.4) is 0 Å². The van der Waals surface area contributed by atoms with Crippen molar-refractivity contribution < 1.29 is 4.79 Å². The number of hydrogen-bond donors (Lipinski definition) is 0. The second kappa shape index (κ2) is 6.38. The van der Waals surface area contributed by atoms with Crippen molar-refractivity contribution in [1.82, 2.24) is 14.9 Å². The Labute approximate surface area is 154 Å². The first kappa shape index (κ1) is 16.5. The predicted molar refractivity (Wildman–Crippen MR) is 104 cm³/mol. The number of benzene rings is 1. The third kappa shape index (κ3) is 3.14. The summed E-state index contributed by atoms with van der Waals surface area (Å²) in [6.07, 6.45) is 0. The zero-order chi connectivity index (χ0) is 17.6. The largest absolute Gasteiger partial charge is 0.345 e. The van der Waals surface area contributed by atoms with Crippen LogP contribution in [0.4, 0.5) is 5.13 Å². The molecule has 25 heavy (non-hydrogen) atoms. The fourth-order valence-corrected chi connectivity index (χ4v) is 5.13. The smallest absolute Gasteiger partial charge is 0.265 e. The summed E-state index contributed by atoms with van der Waals surface area (Å²) < 4.78 is 1.23. The molecule has 4 rings (SSSR count). The zero-order valence-electron chi connectivity index (χ0n) is 14.6. The van der Waals surface area contributed by atoms with E-state index in [0.29, 0.717) is 0 Å². The van der Waals surface area contributed by atoms with Gasteiger partial charge in [-0.05, 0) is 38.5 Å². The van der Waals surface area contributed by atoms with Crippen LogP contribution < -0.4 is 4.90 Å². The van der Waals surface area contributed by atoms with Gasteiger partial charge in [-0.2, -0.15) is 0 Å². The van der Waals surface area contributed by atoms with Crippen LogP contribution >= 0.6 is 22.7 Å². The van der Waals surface area contributed by atoms with Gasteiger partial charge in [0.25, 0.3) is 5.91 Å². The quantitative estimate of drug-likeness (QED) is 0.689. The summed E-state index contributed by atoms with van der Waals surface area (Å²) in [7, 11) is 0. The summed E-state index contributed by atoms with van der Waals surface area (Å²) in [5.74, 6) is 0.114. The molecule has 1 fully saturated rings. The first-order valence-corrected chi connectivity index (χ1v) is 10.00. The van der Waals surface area contributed by atoms with E-state index in [-0.39, 0.29) is 5.91 Å². The molecule has 1 aromatic carbocycles. The van der Waals surface area contributed by atoms with Gasteiger partial charge in [0.15, 0.2) is 5.13 Å². The van der Waals surface area contributed by atoms with E-state index in [2.05, 4.69) is 35.0 Å². The van der Waals surface area contributed by atoms with Crippen LogP contribution in [0.1, 0.15) is 25.9 Å². The van der Waals surface area contributed by atoms with Crippen LogP contribution in [0, 0.1) is 20.8 Å². The van der Waals surface area contributed by atoms with Gasteiger partial charge in [0.1, 0.15) is 4.88 Å². The first-order chi connectivity index (χ1) is 12.0. The Morgan fingerprint density at radius 1 is 1.04 bits per heavy atom. The van der Waals surface area contributed by atoms with Crippen LogP contribution in [-0.4, -0.2) is 47.0 Å². The van der Waals surface area contributed by atoms with Gasteiger partial charge in [-0.1, -0.05) is 17.4 Å². The van der Waals surface area contributed by atoms with Crippen LogP contribution in [0.5, 0.6) is 0 Å². The fourth-order valence-electron chi connectivity index (χ4n) is 3.13. The number of aryl methyl sites for hydroxylation is 3. The molecule has 0 unspecified atom stereocenters. The van der Waals surface area contributed by atoms with Crippen molar-refractivity contribution in [2.45, 2.75) is 20.8 Å². The van der Waals surface area contributed by atoms with E-state index in [1.165, 1.54) is 21.6 Å². The molecule has 0 bridgehead atoms. The number of thiazole rings is 2. The molecule has 0 N–H and O–H groups in total. The van der Waals surface area contributed by atoms with E-state index >= 15 is 0 Å². The molecule has 1 aliphatic heterocycles. The second-order valence-electron chi connectivity index (χ2n) is 6.39. The molecule has 130 valence electrons. The number of carbonyl (C=O) groups is 1.